The number of aromatic nitrogens is 2. The van der Waals surface area contributed by atoms with Crippen LogP contribution in [0.5, 0.6) is 11.8 Å². The molecule has 0 fully saturated rings. The van der Waals surface area contributed by atoms with Gasteiger partial charge < -0.3 is 9.31 Å². The van der Waals surface area contributed by atoms with Crippen LogP contribution in [0.1, 0.15) is 0 Å². The summed E-state index contributed by atoms with van der Waals surface area (Å²) in [5, 5.41) is 0. The van der Waals surface area contributed by atoms with Gasteiger partial charge in [-0.2, -0.15) is 0 Å². The maximum atomic E-state index is 5.11. The number of pyridine rings is 2. The van der Waals surface area contributed by atoms with Gasteiger partial charge in [-0.05, 0) is 24.3 Å². The van der Waals surface area contributed by atoms with Crippen molar-refractivity contribution in [3.63, 3.8) is 0 Å². The van der Waals surface area contributed by atoms with Crippen LogP contribution in [0, 0.1) is 0 Å². The lowest BCUT2D eigenvalue weighted by molar-refractivity contribution is 0.439. The summed E-state index contributed by atoms with van der Waals surface area (Å²) >= 11 is 0. The Morgan fingerprint density at radius 3 is 1.73 bits per heavy atom. The fraction of sp³-hybridized carbons (Fsp3) is 0. The molecule has 0 saturated carbocycles. The van der Waals surface area contributed by atoms with Gasteiger partial charge in [-0.3, -0.25) is 0 Å². The second-order valence-electron chi connectivity index (χ2n) is 2.67. The van der Waals surface area contributed by atoms with Crippen molar-refractivity contribution in [3.8, 4) is 11.8 Å². The van der Waals surface area contributed by atoms with E-state index in [1.54, 1.807) is 24.5 Å². The fourth-order valence-corrected chi connectivity index (χ4v) is 0.956. The van der Waals surface area contributed by atoms with Crippen LogP contribution < -0.4 is 9.31 Å². The first-order valence-corrected chi connectivity index (χ1v) is 4.42. The number of hydrogen-bond acceptors (Lipinski definition) is 4. The Morgan fingerprint density at radius 1 is 0.800 bits per heavy atom. The zero-order chi connectivity index (χ0) is 10.3. The lowest BCUT2D eigenvalue weighted by Gasteiger charge is -2.03. The molecule has 1 radical (unpaired) electrons. The molecule has 0 unspecified atom stereocenters. The highest BCUT2D eigenvalue weighted by molar-refractivity contribution is 6.20. The van der Waals surface area contributed by atoms with E-state index < -0.39 is 0 Å². The molecule has 15 heavy (non-hydrogen) atoms. The Bertz CT molecular complexity index is 357. The van der Waals surface area contributed by atoms with Crippen LogP contribution >= 0.6 is 0 Å². The van der Waals surface area contributed by atoms with Gasteiger partial charge >= 0.3 is 7.69 Å². The zero-order valence-corrected chi connectivity index (χ0v) is 7.91. The lowest BCUT2D eigenvalue weighted by atomic mass is 10.3. The minimum atomic E-state index is 0.480. The maximum Gasteiger partial charge on any atom is 0.660 e. The SMILES string of the molecule is [B](Oc1ccccn1)Oc1ccccn1. The first-order valence-electron chi connectivity index (χ1n) is 4.42. The molecule has 0 bridgehead atoms. The van der Waals surface area contributed by atoms with Gasteiger partial charge in [0.1, 0.15) is 0 Å². The van der Waals surface area contributed by atoms with Gasteiger partial charge in [0.25, 0.3) is 0 Å². The molecule has 2 aromatic rings. The fourth-order valence-electron chi connectivity index (χ4n) is 0.956. The monoisotopic (exact) mass is 199 g/mol. The van der Waals surface area contributed by atoms with Crippen molar-refractivity contribution >= 4 is 7.69 Å². The van der Waals surface area contributed by atoms with Crippen molar-refractivity contribution in [3.05, 3.63) is 48.8 Å². The first-order chi connectivity index (χ1) is 7.45. The van der Waals surface area contributed by atoms with Crippen LogP contribution in [-0.2, 0) is 0 Å². The zero-order valence-electron chi connectivity index (χ0n) is 7.91. The van der Waals surface area contributed by atoms with Crippen molar-refractivity contribution in [2.45, 2.75) is 0 Å². The van der Waals surface area contributed by atoms with E-state index >= 15 is 0 Å². The molecule has 2 heterocycles. The molecule has 2 aromatic heterocycles. The van der Waals surface area contributed by atoms with E-state index in [1.807, 2.05) is 24.3 Å². The Hall–Kier alpha value is -2.04. The van der Waals surface area contributed by atoms with E-state index in [4.69, 9.17) is 9.31 Å². The van der Waals surface area contributed by atoms with Gasteiger partial charge in [0, 0.05) is 12.4 Å². The Balaban J connectivity index is 1.81. The van der Waals surface area contributed by atoms with Crippen molar-refractivity contribution in [1.82, 2.24) is 9.97 Å². The van der Waals surface area contributed by atoms with Crippen LogP contribution in [0.15, 0.2) is 48.8 Å². The number of hydrogen-bond donors (Lipinski definition) is 0. The van der Waals surface area contributed by atoms with E-state index in [1.165, 1.54) is 7.69 Å². The van der Waals surface area contributed by atoms with Gasteiger partial charge in [-0.15, -0.1) is 0 Å². The second kappa shape index (κ2) is 5.00. The number of nitrogens with zero attached hydrogens (tertiary/aromatic N) is 2. The van der Waals surface area contributed by atoms with Crippen molar-refractivity contribution in [2.24, 2.45) is 0 Å². The van der Waals surface area contributed by atoms with Crippen LogP contribution in [0.25, 0.3) is 0 Å². The van der Waals surface area contributed by atoms with Gasteiger partial charge in [-0.25, -0.2) is 9.97 Å². The highest BCUT2D eigenvalue weighted by Gasteiger charge is 2.01. The molecule has 73 valence electrons. The molecule has 2 rings (SSSR count). The summed E-state index contributed by atoms with van der Waals surface area (Å²) < 4.78 is 10.2. The molecular formula is C10H8BN2O2. The summed E-state index contributed by atoms with van der Waals surface area (Å²) in [5.74, 6) is 0.960. The Labute approximate surface area is 88.2 Å². The van der Waals surface area contributed by atoms with Gasteiger partial charge in [0.15, 0.2) is 11.8 Å². The average molecular weight is 199 g/mol. The van der Waals surface area contributed by atoms with Gasteiger partial charge in [0.2, 0.25) is 0 Å². The van der Waals surface area contributed by atoms with E-state index in [-0.39, 0.29) is 0 Å². The molecule has 0 aliphatic carbocycles. The highest BCUT2D eigenvalue weighted by atomic mass is 16.6. The smallest absolute Gasteiger partial charge is 0.512 e. The van der Waals surface area contributed by atoms with E-state index in [2.05, 4.69) is 9.97 Å². The predicted molar refractivity (Wildman–Crippen MR) is 55.5 cm³/mol. The summed E-state index contributed by atoms with van der Waals surface area (Å²) in [6.07, 6.45) is 3.29. The van der Waals surface area contributed by atoms with Crippen LogP contribution in [0.3, 0.4) is 0 Å². The second-order valence-corrected chi connectivity index (χ2v) is 2.67. The lowest BCUT2D eigenvalue weighted by Crippen LogP contribution is -2.12. The van der Waals surface area contributed by atoms with Gasteiger partial charge in [-0.1, -0.05) is 12.1 Å². The summed E-state index contributed by atoms with van der Waals surface area (Å²) in [7, 11) is 1.20. The van der Waals surface area contributed by atoms with E-state index in [0.717, 1.165) is 0 Å². The van der Waals surface area contributed by atoms with Crippen molar-refractivity contribution in [1.29, 1.82) is 0 Å². The third kappa shape index (κ3) is 2.98. The molecule has 0 N–H and O–H groups in total. The summed E-state index contributed by atoms with van der Waals surface area (Å²) in [5.41, 5.74) is 0. The minimum absolute atomic E-state index is 0.480. The molecule has 0 spiro atoms. The van der Waals surface area contributed by atoms with Crippen molar-refractivity contribution < 1.29 is 9.31 Å². The van der Waals surface area contributed by atoms with Crippen LogP contribution in [0.2, 0.25) is 0 Å². The van der Waals surface area contributed by atoms with Crippen LogP contribution in [0.4, 0.5) is 0 Å². The summed E-state index contributed by atoms with van der Waals surface area (Å²) in [4.78, 5) is 7.91. The summed E-state index contributed by atoms with van der Waals surface area (Å²) in [6, 6.07) is 10.8. The highest BCUT2D eigenvalue weighted by Crippen LogP contribution is 2.05. The Morgan fingerprint density at radius 2 is 1.33 bits per heavy atom. The average Bonchev–Trinajstić information content (AvgIpc) is 2.32. The third-order valence-electron chi connectivity index (χ3n) is 1.61. The standard InChI is InChI=1S/C10H8BN2O2/c1-3-7-12-9(5-1)14-11-15-10-6-2-4-8-13-10/h1-8H. The Kier molecular flexibility index (Phi) is 3.17. The third-order valence-corrected chi connectivity index (χ3v) is 1.61. The molecule has 4 nitrogen and oxygen atoms in total. The first kappa shape index (κ1) is 9.52. The van der Waals surface area contributed by atoms with E-state index in [0.29, 0.717) is 11.8 Å². The maximum absolute atomic E-state index is 5.11. The topological polar surface area (TPSA) is 44.2 Å². The van der Waals surface area contributed by atoms with Crippen molar-refractivity contribution in [2.75, 3.05) is 0 Å². The molecule has 0 aliphatic rings. The molecule has 0 amide bonds. The normalized spacial score (nSPS) is 9.33. The largest absolute Gasteiger partial charge is 0.660 e. The number of rotatable bonds is 4. The molecule has 0 aliphatic heterocycles. The molecular weight excluding hydrogens is 191 g/mol. The minimum Gasteiger partial charge on any atom is -0.512 e. The van der Waals surface area contributed by atoms with Crippen LogP contribution in [-0.4, -0.2) is 17.7 Å². The molecule has 0 saturated heterocycles. The molecule has 0 atom stereocenters. The molecule has 5 heteroatoms. The quantitative estimate of drug-likeness (QED) is 0.699. The molecule has 0 aromatic carbocycles. The van der Waals surface area contributed by atoms with Gasteiger partial charge in [0.05, 0.1) is 0 Å². The summed E-state index contributed by atoms with van der Waals surface area (Å²) in [6.45, 7) is 0. The van der Waals surface area contributed by atoms with E-state index in [9.17, 15) is 0 Å². The predicted octanol–water partition coefficient (Wildman–Crippen LogP) is 1.47.